The summed E-state index contributed by atoms with van der Waals surface area (Å²) in [6.07, 6.45) is 8.66. The van der Waals surface area contributed by atoms with Crippen molar-refractivity contribution in [2.24, 2.45) is 10.8 Å². The van der Waals surface area contributed by atoms with Gasteiger partial charge in [0.25, 0.3) is 0 Å². The first-order valence-corrected chi connectivity index (χ1v) is 10.3. The molecular weight excluding hydrogens is 352 g/mol. The number of nitrogens with one attached hydrogen (secondary N) is 1. The molecular formula is C22H26N4S. The number of nitrogens with zero attached hydrogens (tertiary/aromatic N) is 2. The van der Waals surface area contributed by atoms with E-state index in [4.69, 9.17) is 11.0 Å². The van der Waals surface area contributed by atoms with Crippen LogP contribution in [0.1, 0.15) is 31.2 Å². The summed E-state index contributed by atoms with van der Waals surface area (Å²) in [4.78, 5) is 2.86. The first-order chi connectivity index (χ1) is 13.2. The zero-order valence-corrected chi connectivity index (χ0v) is 16.5. The van der Waals surface area contributed by atoms with Gasteiger partial charge in [0.15, 0.2) is 0 Å². The molecule has 0 saturated carbocycles. The van der Waals surface area contributed by atoms with E-state index in [2.05, 4.69) is 58.5 Å². The molecule has 0 bridgehead atoms. The predicted octanol–water partition coefficient (Wildman–Crippen LogP) is 5.05. The monoisotopic (exact) mass is 378 g/mol. The van der Waals surface area contributed by atoms with E-state index in [0.717, 1.165) is 37.8 Å². The maximum Gasteiger partial charge on any atom is 0.117 e. The zero-order valence-electron chi connectivity index (χ0n) is 15.7. The molecule has 0 atom stereocenters. The highest BCUT2D eigenvalue weighted by Crippen LogP contribution is 2.21. The molecule has 27 heavy (non-hydrogen) atoms. The fourth-order valence-corrected chi connectivity index (χ4v) is 3.03. The van der Waals surface area contributed by atoms with Crippen LogP contribution in [-0.2, 0) is 6.42 Å². The Balaban J connectivity index is 1.82. The molecule has 2 aromatic rings. The topological polar surface area (TPSA) is 74.2 Å². The number of benzene rings is 2. The number of hydrazone groups is 1. The third-order valence-electron chi connectivity index (χ3n) is 4.16. The summed E-state index contributed by atoms with van der Waals surface area (Å²) in [7, 11) is 0. The Kier molecular flexibility index (Phi) is 9.02. The van der Waals surface area contributed by atoms with Crippen molar-refractivity contribution in [2.45, 2.75) is 32.1 Å². The number of hydrogen-bond acceptors (Lipinski definition) is 5. The minimum atomic E-state index is 0.189. The molecule has 0 heterocycles. The fourth-order valence-electron chi connectivity index (χ4n) is 2.83. The minimum absolute atomic E-state index is 0.189. The summed E-state index contributed by atoms with van der Waals surface area (Å²) in [6.45, 7) is 0. The molecule has 2 aromatic carbocycles. The van der Waals surface area contributed by atoms with E-state index < -0.39 is 0 Å². The molecule has 0 radical (unpaired) electrons. The second kappa shape index (κ2) is 11.8. The Morgan fingerprint density at radius 3 is 2.63 bits per heavy atom. The normalized spacial score (nSPS) is 11.9. The number of allylic oxidation sites excluding steroid dienone is 2. The standard InChI is InChI=1S/C22H26N4S/c1-27-26-25-22(16-21(24)17-23)14-7-2-4-9-18-10-8-13-20(15-18)19-11-5-3-6-12-19/h3,5-6,8,10-13,15-16,26H,2,4,7,9,14,24H2,1H3. The van der Waals surface area contributed by atoms with E-state index in [1.165, 1.54) is 28.6 Å². The molecule has 0 aliphatic carbocycles. The van der Waals surface area contributed by atoms with Gasteiger partial charge in [-0.15, -0.1) is 0 Å². The van der Waals surface area contributed by atoms with Gasteiger partial charge in [-0.05, 0) is 60.4 Å². The molecule has 0 spiro atoms. The van der Waals surface area contributed by atoms with Crippen molar-refractivity contribution in [1.29, 1.82) is 5.26 Å². The van der Waals surface area contributed by atoms with E-state index in [9.17, 15) is 0 Å². The smallest absolute Gasteiger partial charge is 0.117 e. The van der Waals surface area contributed by atoms with Gasteiger partial charge in [-0.2, -0.15) is 10.4 Å². The number of rotatable bonds is 10. The fraction of sp³-hybridized carbons (Fsp3) is 0.273. The van der Waals surface area contributed by atoms with E-state index in [-0.39, 0.29) is 5.70 Å². The van der Waals surface area contributed by atoms with Gasteiger partial charge in [0.2, 0.25) is 0 Å². The summed E-state index contributed by atoms with van der Waals surface area (Å²) in [6, 6.07) is 21.2. The van der Waals surface area contributed by atoms with Gasteiger partial charge in [0.05, 0.1) is 5.71 Å². The summed E-state index contributed by atoms with van der Waals surface area (Å²) in [5, 5.41) is 13.1. The highest BCUT2D eigenvalue weighted by atomic mass is 32.2. The summed E-state index contributed by atoms with van der Waals surface area (Å²) < 4.78 is 0. The molecule has 3 N–H and O–H groups in total. The Bertz CT molecular complexity index is 807. The van der Waals surface area contributed by atoms with Crippen molar-refractivity contribution in [3.05, 3.63) is 71.9 Å². The van der Waals surface area contributed by atoms with Crippen LogP contribution in [0.2, 0.25) is 0 Å². The first-order valence-electron chi connectivity index (χ1n) is 9.09. The van der Waals surface area contributed by atoms with Crippen LogP contribution in [0.4, 0.5) is 0 Å². The SMILES string of the molecule is CSNN=C(C=C(N)C#N)CCCCCc1cccc(-c2ccccc2)c1. The Hall–Kier alpha value is -2.71. The highest BCUT2D eigenvalue weighted by Gasteiger charge is 2.01. The van der Waals surface area contributed by atoms with Crippen LogP contribution in [0.5, 0.6) is 0 Å². The predicted molar refractivity (Wildman–Crippen MR) is 116 cm³/mol. The van der Waals surface area contributed by atoms with Crippen LogP contribution in [-0.4, -0.2) is 12.0 Å². The van der Waals surface area contributed by atoms with Crippen LogP contribution in [0.15, 0.2) is 71.5 Å². The Morgan fingerprint density at radius 2 is 1.89 bits per heavy atom. The van der Waals surface area contributed by atoms with Crippen molar-refractivity contribution in [3.8, 4) is 17.2 Å². The number of aryl methyl sites for hydroxylation is 1. The molecule has 0 aliphatic rings. The lowest BCUT2D eigenvalue weighted by Crippen LogP contribution is -2.05. The summed E-state index contributed by atoms with van der Waals surface area (Å²) >= 11 is 1.41. The van der Waals surface area contributed by atoms with Crippen LogP contribution in [0, 0.1) is 11.3 Å². The minimum Gasteiger partial charge on any atom is -0.390 e. The molecule has 0 unspecified atom stereocenters. The van der Waals surface area contributed by atoms with Crippen molar-refractivity contribution >= 4 is 17.7 Å². The van der Waals surface area contributed by atoms with Crippen molar-refractivity contribution in [1.82, 2.24) is 4.83 Å². The molecule has 0 amide bonds. The molecule has 5 heteroatoms. The molecule has 0 fully saturated rings. The number of nitriles is 1. The maximum absolute atomic E-state index is 8.83. The second-order valence-electron chi connectivity index (χ2n) is 6.24. The van der Waals surface area contributed by atoms with Gasteiger partial charge in [0.1, 0.15) is 11.8 Å². The van der Waals surface area contributed by atoms with Gasteiger partial charge in [-0.25, -0.2) is 0 Å². The van der Waals surface area contributed by atoms with Crippen LogP contribution < -0.4 is 10.6 Å². The lowest BCUT2D eigenvalue weighted by Gasteiger charge is -2.06. The lowest BCUT2D eigenvalue weighted by atomic mass is 9.99. The van der Waals surface area contributed by atoms with Gasteiger partial charge in [0, 0.05) is 6.26 Å². The van der Waals surface area contributed by atoms with E-state index in [0.29, 0.717) is 0 Å². The maximum atomic E-state index is 8.83. The third kappa shape index (κ3) is 7.59. The molecule has 0 aliphatic heterocycles. The molecule has 140 valence electrons. The van der Waals surface area contributed by atoms with Crippen molar-refractivity contribution < 1.29 is 0 Å². The number of hydrogen-bond donors (Lipinski definition) is 2. The van der Waals surface area contributed by atoms with E-state index >= 15 is 0 Å². The van der Waals surface area contributed by atoms with E-state index in [1.807, 2.05) is 18.4 Å². The largest absolute Gasteiger partial charge is 0.390 e. The van der Waals surface area contributed by atoms with Gasteiger partial charge < -0.3 is 5.73 Å². The first kappa shape index (κ1) is 20.6. The quantitative estimate of drug-likeness (QED) is 0.199. The Morgan fingerprint density at radius 1 is 1.11 bits per heavy atom. The average molecular weight is 379 g/mol. The van der Waals surface area contributed by atoms with Crippen LogP contribution in [0.25, 0.3) is 11.1 Å². The lowest BCUT2D eigenvalue weighted by molar-refractivity contribution is 0.696. The number of nitrogens with two attached hydrogens (primary N) is 1. The average Bonchev–Trinajstić information content (AvgIpc) is 2.72. The molecule has 0 saturated heterocycles. The molecule has 4 nitrogen and oxygen atoms in total. The van der Waals surface area contributed by atoms with Crippen LogP contribution in [0.3, 0.4) is 0 Å². The molecule has 0 aromatic heterocycles. The summed E-state index contributed by atoms with van der Waals surface area (Å²) in [5.74, 6) is 0. The second-order valence-corrected chi connectivity index (χ2v) is 6.83. The van der Waals surface area contributed by atoms with Gasteiger partial charge in [-0.3, -0.25) is 4.83 Å². The van der Waals surface area contributed by atoms with Crippen molar-refractivity contribution in [3.63, 3.8) is 0 Å². The third-order valence-corrected chi connectivity index (χ3v) is 4.44. The van der Waals surface area contributed by atoms with Gasteiger partial charge in [-0.1, -0.05) is 61.0 Å². The van der Waals surface area contributed by atoms with E-state index in [1.54, 1.807) is 6.08 Å². The summed E-state index contributed by atoms with van der Waals surface area (Å²) in [5.41, 5.74) is 10.5. The zero-order chi connectivity index (χ0) is 19.3. The Labute approximate surface area is 166 Å². The highest BCUT2D eigenvalue weighted by molar-refractivity contribution is 7.96. The molecule has 2 rings (SSSR count). The van der Waals surface area contributed by atoms with Crippen molar-refractivity contribution in [2.75, 3.05) is 6.26 Å². The number of unbranched alkanes of at least 4 members (excludes halogenated alkanes) is 2. The van der Waals surface area contributed by atoms with Gasteiger partial charge >= 0.3 is 0 Å². The van der Waals surface area contributed by atoms with Crippen LogP contribution >= 0.6 is 11.9 Å².